The number of rotatable bonds is 6. The summed E-state index contributed by atoms with van der Waals surface area (Å²) in [5, 5.41) is 11.8. The van der Waals surface area contributed by atoms with Crippen LogP contribution in [-0.4, -0.2) is 46.7 Å². The fourth-order valence-electron chi connectivity index (χ4n) is 4.38. The van der Waals surface area contributed by atoms with Crippen molar-refractivity contribution in [1.29, 1.82) is 0 Å². The molecule has 3 atom stereocenters. The Morgan fingerprint density at radius 1 is 1.31 bits per heavy atom. The van der Waals surface area contributed by atoms with Gasteiger partial charge in [-0.1, -0.05) is 30.3 Å². The van der Waals surface area contributed by atoms with Crippen LogP contribution >= 0.6 is 27.3 Å². The average Bonchev–Trinajstić information content (AvgIpc) is 3.41. The Morgan fingerprint density at radius 3 is 2.79 bits per heavy atom. The van der Waals surface area contributed by atoms with Crippen molar-refractivity contribution in [1.82, 2.24) is 9.88 Å². The molecule has 1 N–H and O–H groups in total. The minimum absolute atomic E-state index is 0.0100. The number of aliphatic carboxylic acids is 1. The van der Waals surface area contributed by atoms with Crippen LogP contribution < -0.4 is 0 Å². The van der Waals surface area contributed by atoms with E-state index in [2.05, 4.69) is 20.9 Å². The van der Waals surface area contributed by atoms with Crippen molar-refractivity contribution in [3.63, 3.8) is 0 Å². The number of aromatic nitrogens is 1. The highest BCUT2D eigenvalue weighted by Gasteiger charge is 2.57. The Hall–Kier alpha value is -1.97. The summed E-state index contributed by atoms with van der Waals surface area (Å²) in [5.74, 6) is -0.791. The Kier molecular flexibility index (Phi) is 5.89. The van der Waals surface area contributed by atoms with Gasteiger partial charge in [0.15, 0.2) is 0 Å². The van der Waals surface area contributed by atoms with Gasteiger partial charge in [0.05, 0.1) is 0 Å². The molecule has 1 saturated heterocycles. The molecule has 2 heterocycles. The molecule has 154 valence electrons. The molecule has 2 aliphatic rings. The summed E-state index contributed by atoms with van der Waals surface area (Å²) in [6.07, 6.45) is 1.20. The van der Waals surface area contributed by atoms with Crippen molar-refractivity contribution >= 4 is 39.3 Å². The molecule has 1 aromatic heterocycles. The van der Waals surface area contributed by atoms with Crippen LogP contribution in [0.2, 0.25) is 0 Å². The van der Waals surface area contributed by atoms with E-state index in [0.717, 1.165) is 17.0 Å². The zero-order chi connectivity index (χ0) is 20.4. The van der Waals surface area contributed by atoms with Crippen molar-refractivity contribution in [3.05, 3.63) is 50.9 Å². The van der Waals surface area contributed by atoms with E-state index in [-0.39, 0.29) is 24.5 Å². The van der Waals surface area contributed by atoms with Gasteiger partial charge in [0.25, 0.3) is 0 Å². The number of halogens is 1. The van der Waals surface area contributed by atoms with Crippen molar-refractivity contribution < 1.29 is 24.2 Å². The summed E-state index contributed by atoms with van der Waals surface area (Å²) in [7, 11) is 0. The van der Waals surface area contributed by atoms with Gasteiger partial charge in [0.2, 0.25) is 0 Å². The first kappa shape index (κ1) is 20.3. The van der Waals surface area contributed by atoms with Crippen LogP contribution in [0.4, 0.5) is 4.79 Å². The van der Waals surface area contributed by atoms with Gasteiger partial charge >= 0.3 is 12.1 Å². The van der Waals surface area contributed by atoms with Crippen LogP contribution in [0.1, 0.15) is 23.4 Å². The van der Waals surface area contributed by atoms with Crippen LogP contribution in [0, 0.1) is 11.8 Å². The van der Waals surface area contributed by atoms with E-state index in [1.807, 2.05) is 35.7 Å². The number of hydrogen-bond acceptors (Lipinski definition) is 6. The van der Waals surface area contributed by atoms with Gasteiger partial charge in [-0.15, -0.1) is 11.3 Å². The van der Waals surface area contributed by atoms with Gasteiger partial charge in [-0.2, -0.15) is 0 Å². The second-order valence-corrected chi connectivity index (χ2v) is 9.07. The van der Waals surface area contributed by atoms with Crippen LogP contribution in [-0.2, 0) is 26.5 Å². The predicted molar refractivity (Wildman–Crippen MR) is 109 cm³/mol. The molecule has 4 rings (SSSR count). The molecule has 29 heavy (non-hydrogen) atoms. The number of benzene rings is 1. The summed E-state index contributed by atoms with van der Waals surface area (Å²) in [5.41, 5.74) is 0.154. The lowest BCUT2D eigenvalue weighted by atomic mass is 9.88. The fraction of sp³-hybridized carbons (Fsp3) is 0.450. The molecule has 0 radical (unpaired) electrons. The zero-order valence-electron chi connectivity index (χ0n) is 15.6. The largest absolute Gasteiger partial charge is 0.480 e. The molecular weight excluding hydrogens is 460 g/mol. The molecule has 1 amide bonds. The summed E-state index contributed by atoms with van der Waals surface area (Å²) >= 11 is 4.83. The van der Waals surface area contributed by atoms with Gasteiger partial charge in [-0.25, -0.2) is 14.6 Å². The molecule has 2 aromatic rings. The standard InChI is InChI=1S/C20H21BrN2O5S/c21-16-12-29-18(22-16)20(28-11-17(24)25)7-6-14-8-23(9-15(14)20)19(26)27-10-13-4-2-1-3-5-13/h1-5,12,14-15H,6-11H2,(H,24,25). The first-order valence-corrected chi connectivity index (χ1v) is 11.1. The number of likely N-dealkylation sites (tertiary alicyclic amines) is 1. The number of thiazole rings is 1. The molecule has 9 heteroatoms. The van der Waals surface area contributed by atoms with Crippen LogP contribution in [0.5, 0.6) is 0 Å². The molecule has 1 aliphatic heterocycles. The van der Waals surface area contributed by atoms with Crippen molar-refractivity contribution in [3.8, 4) is 0 Å². The number of nitrogens with zero attached hydrogens (tertiary/aromatic N) is 2. The molecule has 2 fully saturated rings. The van der Waals surface area contributed by atoms with E-state index >= 15 is 0 Å². The van der Waals surface area contributed by atoms with Gasteiger partial charge < -0.3 is 19.5 Å². The van der Waals surface area contributed by atoms with Gasteiger partial charge in [0, 0.05) is 24.4 Å². The average molecular weight is 481 g/mol. The number of amides is 1. The summed E-state index contributed by atoms with van der Waals surface area (Å²) in [6, 6.07) is 9.56. The van der Waals surface area contributed by atoms with E-state index < -0.39 is 18.2 Å². The van der Waals surface area contributed by atoms with Crippen molar-refractivity contribution in [2.24, 2.45) is 11.8 Å². The minimum Gasteiger partial charge on any atom is -0.480 e. The maximum Gasteiger partial charge on any atom is 0.410 e. The maximum absolute atomic E-state index is 12.6. The summed E-state index contributed by atoms with van der Waals surface area (Å²) < 4.78 is 12.2. The molecule has 1 saturated carbocycles. The Bertz CT molecular complexity index is 892. The molecule has 7 nitrogen and oxygen atoms in total. The maximum atomic E-state index is 12.6. The number of carbonyl (C=O) groups excluding carboxylic acids is 1. The third kappa shape index (κ3) is 4.17. The highest BCUT2D eigenvalue weighted by Crippen LogP contribution is 2.53. The number of ether oxygens (including phenoxy) is 2. The lowest BCUT2D eigenvalue weighted by Gasteiger charge is -2.33. The summed E-state index contributed by atoms with van der Waals surface area (Å²) in [6.45, 7) is 0.891. The van der Waals surface area contributed by atoms with Crippen LogP contribution in [0.15, 0.2) is 40.3 Å². The van der Waals surface area contributed by atoms with Crippen LogP contribution in [0.25, 0.3) is 0 Å². The van der Waals surface area contributed by atoms with Crippen molar-refractivity contribution in [2.75, 3.05) is 19.7 Å². The van der Waals surface area contributed by atoms with Crippen LogP contribution in [0.3, 0.4) is 0 Å². The van der Waals surface area contributed by atoms with E-state index in [4.69, 9.17) is 14.6 Å². The Labute approximate surface area is 180 Å². The normalized spacial score (nSPS) is 25.8. The molecule has 0 spiro atoms. The SMILES string of the molecule is O=C(O)COC1(c2nc(Br)cs2)CCC2CN(C(=O)OCc3ccccc3)CC21. The number of hydrogen-bond donors (Lipinski definition) is 1. The van der Waals surface area contributed by atoms with Gasteiger partial charge in [0.1, 0.15) is 28.4 Å². The van der Waals surface area contributed by atoms with Gasteiger partial charge in [-0.05, 0) is 40.3 Å². The first-order chi connectivity index (χ1) is 14.0. The lowest BCUT2D eigenvalue weighted by Crippen LogP contribution is -2.40. The number of carboxylic acids is 1. The van der Waals surface area contributed by atoms with Gasteiger partial charge in [-0.3, -0.25) is 0 Å². The van der Waals surface area contributed by atoms with E-state index in [1.165, 1.54) is 11.3 Å². The fourth-order valence-corrected chi connectivity index (χ4v) is 5.88. The van der Waals surface area contributed by atoms with E-state index in [1.54, 1.807) is 4.90 Å². The highest BCUT2D eigenvalue weighted by molar-refractivity contribution is 9.10. The number of carbonyl (C=O) groups is 2. The van der Waals surface area contributed by atoms with Crippen molar-refractivity contribution in [2.45, 2.75) is 25.0 Å². The predicted octanol–water partition coefficient (Wildman–Crippen LogP) is 3.88. The lowest BCUT2D eigenvalue weighted by molar-refractivity contribution is -0.154. The molecule has 1 aliphatic carbocycles. The molecule has 0 bridgehead atoms. The van der Waals surface area contributed by atoms with E-state index in [0.29, 0.717) is 24.1 Å². The topological polar surface area (TPSA) is 89.0 Å². The summed E-state index contributed by atoms with van der Waals surface area (Å²) in [4.78, 5) is 30.0. The molecule has 3 unspecified atom stereocenters. The zero-order valence-corrected chi connectivity index (χ0v) is 18.0. The minimum atomic E-state index is -1.01. The second-order valence-electron chi connectivity index (χ2n) is 7.40. The van der Waals surface area contributed by atoms with E-state index in [9.17, 15) is 9.59 Å². The highest BCUT2D eigenvalue weighted by atomic mass is 79.9. The Balaban J connectivity index is 1.48. The monoisotopic (exact) mass is 480 g/mol. The number of fused-ring (bicyclic) bond motifs is 1. The molecular formula is C20H21BrN2O5S. The quantitative estimate of drug-likeness (QED) is 0.674. The third-order valence-corrected chi connectivity index (χ3v) is 7.39. The number of carboxylic acid groups (broad SMARTS) is 1. The second kappa shape index (κ2) is 8.41. The molecule has 1 aromatic carbocycles. The first-order valence-electron chi connectivity index (χ1n) is 9.41. The smallest absolute Gasteiger partial charge is 0.410 e. The third-order valence-electron chi connectivity index (χ3n) is 5.68. The Morgan fingerprint density at radius 2 is 2.10 bits per heavy atom.